The van der Waals surface area contributed by atoms with Crippen LogP contribution in [0.3, 0.4) is 0 Å². The van der Waals surface area contributed by atoms with Crippen LogP contribution in [0, 0.1) is 0 Å². The Labute approximate surface area is 215 Å². The molecule has 2 N–H and O–H groups in total. The smallest absolute Gasteiger partial charge is 0.274 e. The maximum atomic E-state index is 13.5. The molecule has 10 heteroatoms. The lowest BCUT2D eigenvalue weighted by Crippen LogP contribution is -2.37. The maximum absolute atomic E-state index is 13.5. The Balaban J connectivity index is 1.46. The van der Waals surface area contributed by atoms with Gasteiger partial charge in [-0.25, -0.2) is 13.4 Å². The number of amides is 1. The van der Waals surface area contributed by atoms with Gasteiger partial charge < -0.3 is 19.7 Å². The number of pyridine rings is 1. The van der Waals surface area contributed by atoms with Crippen molar-refractivity contribution in [1.82, 2.24) is 4.98 Å². The molecule has 37 heavy (non-hydrogen) atoms. The highest BCUT2D eigenvalue weighted by molar-refractivity contribution is 7.92. The number of fused-ring (bicyclic) bond motifs is 1. The Morgan fingerprint density at radius 2 is 1.68 bits per heavy atom. The molecule has 1 aliphatic heterocycles. The summed E-state index contributed by atoms with van der Waals surface area (Å²) in [4.78, 5) is 19.4. The molecule has 1 fully saturated rings. The summed E-state index contributed by atoms with van der Waals surface area (Å²) in [5, 5.41) is 3.71. The number of benzene rings is 3. The summed E-state index contributed by atoms with van der Waals surface area (Å²) in [6.07, 6.45) is 0. The summed E-state index contributed by atoms with van der Waals surface area (Å²) in [5.74, 6) is 0.181. The summed E-state index contributed by atoms with van der Waals surface area (Å²) >= 11 is 0. The number of carbonyl (C=O) groups excluding carboxylic acids is 1. The van der Waals surface area contributed by atoms with E-state index in [9.17, 15) is 13.2 Å². The van der Waals surface area contributed by atoms with Crippen molar-refractivity contribution >= 4 is 43.9 Å². The van der Waals surface area contributed by atoms with Crippen molar-refractivity contribution in [3.05, 3.63) is 84.6 Å². The Morgan fingerprint density at radius 3 is 2.43 bits per heavy atom. The van der Waals surface area contributed by atoms with Gasteiger partial charge in [-0.15, -0.1) is 0 Å². The van der Waals surface area contributed by atoms with Gasteiger partial charge in [-0.05, 0) is 54.6 Å². The first-order chi connectivity index (χ1) is 17.9. The van der Waals surface area contributed by atoms with E-state index in [1.54, 1.807) is 49.6 Å². The number of ether oxygens (including phenoxy) is 2. The van der Waals surface area contributed by atoms with Crippen molar-refractivity contribution in [2.24, 2.45) is 0 Å². The van der Waals surface area contributed by atoms with E-state index in [0.29, 0.717) is 54.6 Å². The van der Waals surface area contributed by atoms with Gasteiger partial charge in [0.05, 0.1) is 31.5 Å². The number of anilines is 3. The van der Waals surface area contributed by atoms with E-state index in [4.69, 9.17) is 9.47 Å². The molecule has 0 radical (unpaired) electrons. The van der Waals surface area contributed by atoms with Gasteiger partial charge in [-0.1, -0.05) is 24.3 Å². The van der Waals surface area contributed by atoms with E-state index in [0.717, 1.165) is 5.39 Å². The number of nitrogens with one attached hydrogen (secondary N) is 2. The van der Waals surface area contributed by atoms with Gasteiger partial charge in [-0.2, -0.15) is 0 Å². The lowest BCUT2D eigenvalue weighted by molar-refractivity contribution is 0.102. The van der Waals surface area contributed by atoms with Crippen molar-refractivity contribution in [2.45, 2.75) is 4.90 Å². The molecular weight excluding hydrogens is 492 g/mol. The van der Waals surface area contributed by atoms with E-state index in [1.165, 1.54) is 6.07 Å². The zero-order valence-corrected chi connectivity index (χ0v) is 21.0. The molecular formula is C27H26N4O5S. The number of hydrogen-bond acceptors (Lipinski definition) is 7. The standard InChI is InChI=1S/C27H26N4O5S/c1-35-22-10-7-20(8-11-22)30-37(33,34)26-18-21(9-13-25(26)31-14-16-36-17-15-31)28-27(32)24-12-6-19-4-2-3-5-23(19)29-24/h2-13,18,30H,14-17H2,1H3,(H,28,32). The van der Waals surface area contributed by atoms with Crippen LogP contribution in [-0.4, -0.2) is 52.7 Å². The summed E-state index contributed by atoms with van der Waals surface area (Å²) < 4.78 is 40.3. The zero-order chi connectivity index (χ0) is 25.8. The molecule has 1 amide bonds. The number of carbonyl (C=O) groups is 1. The molecule has 1 aliphatic rings. The SMILES string of the molecule is COc1ccc(NS(=O)(=O)c2cc(NC(=O)c3ccc4ccccc4n3)ccc2N2CCOCC2)cc1. The van der Waals surface area contributed by atoms with Crippen molar-refractivity contribution in [3.8, 4) is 5.75 Å². The molecule has 3 aromatic carbocycles. The van der Waals surface area contributed by atoms with Gasteiger partial charge in [0, 0.05) is 29.9 Å². The summed E-state index contributed by atoms with van der Waals surface area (Å²) in [5.41, 5.74) is 2.20. The van der Waals surface area contributed by atoms with Crippen LogP contribution in [0.2, 0.25) is 0 Å². The van der Waals surface area contributed by atoms with E-state index < -0.39 is 15.9 Å². The quantitative estimate of drug-likeness (QED) is 0.379. The first-order valence-corrected chi connectivity index (χ1v) is 13.2. The molecule has 0 bridgehead atoms. The van der Waals surface area contributed by atoms with Crippen LogP contribution in [-0.2, 0) is 14.8 Å². The predicted octanol–water partition coefficient (Wildman–Crippen LogP) is 4.13. The lowest BCUT2D eigenvalue weighted by Gasteiger charge is -2.30. The van der Waals surface area contributed by atoms with Crippen LogP contribution >= 0.6 is 0 Å². The highest BCUT2D eigenvalue weighted by Crippen LogP contribution is 2.31. The Kier molecular flexibility index (Phi) is 6.93. The topological polar surface area (TPSA) is 110 Å². The van der Waals surface area contributed by atoms with Crippen LogP contribution in [0.15, 0.2) is 83.8 Å². The second kappa shape index (κ2) is 10.5. The van der Waals surface area contributed by atoms with Crippen molar-refractivity contribution in [1.29, 1.82) is 0 Å². The summed E-state index contributed by atoms with van der Waals surface area (Å²) in [6.45, 7) is 2.10. The van der Waals surface area contributed by atoms with Crippen LogP contribution in [0.1, 0.15) is 10.5 Å². The predicted molar refractivity (Wildman–Crippen MR) is 143 cm³/mol. The van der Waals surface area contributed by atoms with E-state index >= 15 is 0 Å². The number of sulfonamides is 1. The van der Waals surface area contributed by atoms with E-state index in [-0.39, 0.29) is 10.6 Å². The van der Waals surface area contributed by atoms with Crippen molar-refractivity contribution < 1.29 is 22.7 Å². The minimum absolute atomic E-state index is 0.0505. The maximum Gasteiger partial charge on any atom is 0.274 e. The molecule has 0 spiro atoms. The average molecular weight is 519 g/mol. The average Bonchev–Trinajstić information content (AvgIpc) is 2.93. The van der Waals surface area contributed by atoms with Gasteiger partial charge >= 0.3 is 0 Å². The minimum atomic E-state index is -4.00. The zero-order valence-electron chi connectivity index (χ0n) is 20.2. The molecule has 1 saturated heterocycles. The third-order valence-electron chi connectivity index (χ3n) is 6.03. The number of rotatable bonds is 7. The van der Waals surface area contributed by atoms with Crippen LogP contribution < -0.4 is 19.7 Å². The Morgan fingerprint density at radius 1 is 0.946 bits per heavy atom. The van der Waals surface area contributed by atoms with E-state index in [2.05, 4.69) is 15.0 Å². The molecule has 0 unspecified atom stereocenters. The first-order valence-electron chi connectivity index (χ1n) is 11.7. The number of hydrogen-bond donors (Lipinski definition) is 2. The van der Waals surface area contributed by atoms with Gasteiger partial charge in [0.2, 0.25) is 0 Å². The summed E-state index contributed by atoms with van der Waals surface area (Å²) in [6, 6.07) is 22.4. The number of para-hydroxylation sites is 1. The molecule has 190 valence electrons. The van der Waals surface area contributed by atoms with Crippen molar-refractivity contribution in [2.75, 3.05) is 48.4 Å². The van der Waals surface area contributed by atoms with E-state index in [1.807, 2.05) is 35.2 Å². The normalized spacial score (nSPS) is 13.8. The fraction of sp³-hybridized carbons (Fsp3) is 0.185. The lowest BCUT2D eigenvalue weighted by atomic mass is 10.2. The van der Waals surface area contributed by atoms with Gasteiger partial charge in [0.15, 0.2) is 0 Å². The number of methoxy groups -OCH3 is 1. The molecule has 0 aliphatic carbocycles. The number of nitrogens with zero attached hydrogens (tertiary/aromatic N) is 2. The van der Waals surface area contributed by atoms with Crippen LogP contribution in [0.25, 0.3) is 10.9 Å². The monoisotopic (exact) mass is 518 g/mol. The molecule has 0 saturated carbocycles. The minimum Gasteiger partial charge on any atom is -0.497 e. The van der Waals surface area contributed by atoms with Crippen LogP contribution in [0.5, 0.6) is 5.75 Å². The molecule has 1 aromatic heterocycles. The third kappa shape index (κ3) is 5.50. The second-order valence-corrected chi connectivity index (χ2v) is 10.1. The van der Waals surface area contributed by atoms with Gasteiger partial charge in [-0.3, -0.25) is 9.52 Å². The highest BCUT2D eigenvalue weighted by atomic mass is 32.2. The fourth-order valence-electron chi connectivity index (χ4n) is 4.13. The third-order valence-corrected chi connectivity index (χ3v) is 7.44. The molecule has 9 nitrogen and oxygen atoms in total. The Hall–Kier alpha value is -4.15. The number of morpholine rings is 1. The molecule has 2 heterocycles. The molecule has 5 rings (SSSR count). The molecule has 4 aromatic rings. The van der Waals surface area contributed by atoms with Gasteiger partial charge in [0.1, 0.15) is 16.3 Å². The largest absolute Gasteiger partial charge is 0.497 e. The van der Waals surface area contributed by atoms with Crippen molar-refractivity contribution in [3.63, 3.8) is 0 Å². The second-order valence-electron chi connectivity index (χ2n) is 8.46. The highest BCUT2D eigenvalue weighted by Gasteiger charge is 2.25. The van der Waals surface area contributed by atoms with Gasteiger partial charge in [0.25, 0.3) is 15.9 Å². The van der Waals surface area contributed by atoms with Crippen LogP contribution in [0.4, 0.5) is 17.1 Å². The fourth-order valence-corrected chi connectivity index (χ4v) is 5.44. The molecule has 0 atom stereocenters. The number of aromatic nitrogens is 1. The summed E-state index contributed by atoms with van der Waals surface area (Å²) in [7, 11) is -2.46. The first kappa shape index (κ1) is 24.5. The Bertz CT molecular complexity index is 1530.